The van der Waals surface area contributed by atoms with Crippen molar-refractivity contribution >= 4 is 17.7 Å². The van der Waals surface area contributed by atoms with Gasteiger partial charge in [-0.15, -0.1) is 0 Å². The van der Waals surface area contributed by atoms with E-state index in [0.717, 1.165) is 22.4 Å². The standard InChI is InChI=1S/C26H32N2O5/c1-19-8-4-5-11-22(19)26(18-24(30)28(25(26)31)14-7-15-32-2)17-23(29)27-13-12-20-9-6-10-21(16-20)33-3/h4-6,8-11,16H,7,12-15,17-18H2,1-3H3,(H,27,29)/t26-/m0/s1. The van der Waals surface area contributed by atoms with E-state index in [1.165, 1.54) is 4.90 Å². The van der Waals surface area contributed by atoms with E-state index in [9.17, 15) is 14.4 Å². The van der Waals surface area contributed by atoms with Crippen LogP contribution in [0, 0.1) is 6.92 Å². The second-order valence-electron chi connectivity index (χ2n) is 8.40. The molecule has 2 aromatic rings. The van der Waals surface area contributed by atoms with Gasteiger partial charge in [-0.05, 0) is 48.6 Å². The number of ether oxygens (including phenoxy) is 2. The van der Waals surface area contributed by atoms with E-state index < -0.39 is 5.41 Å². The molecule has 176 valence electrons. The maximum Gasteiger partial charge on any atom is 0.240 e. The Morgan fingerprint density at radius 2 is 1.91 bits per heavy atom. The third kappa shape index (κ3) is 5.60. The van der Waals surface area contributed by atoms with E-state index in [1.54, 1.807) is 14.2 Å². The number of amides is 3. The quantitative estimate of drug-likeness (QED) is 0.419. The molecule has 0 bridgehead atoms. The number of aryl methyl sites for hydroxylation is 1. The van der Waals surface area contributed by atoms with Crippen LogP contribution in [0.1, 0.15) is 36.0 Å². The topological polar surface area (TPSA) is 84.9 Å². The van der Waals surface area contributed by atoms with Crippen molar-refractivity contribution in [3.63, 3.8) is 0 Å². The first-order valence-corrected chi connectivity index (χ1v) is 11.2. The molecule has 0 spiro atoms. The maximum atomic E-state index is 13.6. The number of hydrogen-bond acceptors (Lipinski definition) is 5. The van der Waals surface area contributed by atoms with Crippen molar-refractivity contribution in [3.8, 4) is 5.75 Å². The van der Waals surface area contributed by atoms with Gasteiger partial charge >= 0.3 is 0 Å². The molecule has 7 nitrogen and oxygen atoms in total. The molecular weight excluding hydrogens is 420 g/mol. The summed E-state index contributed by atoms with van der Waals surface area (Å²) in [6, 6.07) is 15.2. The maximum absolute atomic E-state index is 13.6. The molecule has 0 saturated carbocycles. The Bertz CT molecular complexity index is 1010. The summed E-state index contributed by atoms with van der Waals surface area (Å²) in [5, 5.41) is 2.93. The number of hydrogen-bond donors (Lipinski definition) is 1. The Kier molecular flexibility index (Phi) is 8.22. The summed E-state index contributed by atoms with van der Waals surface area (Å²) < 4.78 is 10.3. The van der Waals surface area contributed by atoms with Gasteiger partial charge in [0.2, 0.25) is 17.7 Å². The fourth-order valence-electron chi connectivity index (χ4n) is 4.46. The predicted molar refractivity (Wildman–Crippen MR) is 125 cm³/mol. The molecule has 1 fully saturated rings. The Morgan fingerprint density at radius 3 is 2.64 bits per heavy atom. The van der Waals surface area contributed by atoms with E-state index in [2.05, 4.69) is 5.32 Å². The van der Waals surface area contributed by atoms with Crippen molar-refractivity contribution in [1.29, 1.82) is 0 Å². The average Bonchev–Trinajstić information content (AvgIpc) is 3.04. The van der Waals surface area contributed by atoms with Gasteiger partial charge in [0.25, 0.3) is 0 Å². The summed E-state index contributed by atoms with van der Waals surface area (Å²) >= 11 is 0. The van der Waals surface area contributed by atoms with E-state index in [4.69, 9.17) is 9.47 Å². The van der Waals surface area contributed by atoms with Crippen LogP contribution in [-0.2, 0) is 31.0 Å². The number of imide groups is 1. The third-order valence-corrected chi connectivity index (χ3v) is 6.13. The Hall–Kier alpha value is -3.19. The lowest BCUT2D eigenvalue weighted by molar-refractivity contribution is -0.141. The fourth-order valence-corrected chi connectivity index (χ4v) is 4.46. The van der Waals surface area contributed by atoms with Crippen molar-refractivity contribution < 1.29 is 23.9 Å². The summed E-state index contributed by atoms with van der Waals surface area (Å²) in [7, 11) is 3.20. The van der Waals surface area contributed by atoms with E-state index >= 15 is 0 Å². The zero-order valence-corrected chi connectivity index (χ0v) is 19.6. The lowest BCUT2D eigenvalue weighted by Crippen LogP contribution is -2.43. The van der Waals surface area contributed by atoms with Crippen LogP contribution in [0.4, 0.5) is 0 Å². The summed E-state index contributed by atoms with van der Waals surface area (Å²) in [5.41, 5.74) is 1.48. The van der Waals surface area contributed by atoms with E-state index in [-0.39, 0.29) is 37.1 Å². The van der Waals surface area contributed by atoms with Crippen LogP contribution in [-0.4, -0.2) is 56.5 Å². The normalized spacial score (nSPS) is 18.0. The number of likely N-dealkylation sites (tertiary alicyclic amines) is 1. The highest BCUT2D eigenvalue weighted by Gasteiger charge is 2.53. The van der Waals surface area contributed by atoms with Crippen molar-refractivity contribution in [2.24, 2.45) is 0 Å². The van der Waals surface area contributed by atoms with Gasteiger partial charge in [-0.2, -0.15) is 0 Å². The van der Waals surface area contributed by atoms with Gasteiger partial charge in [0.15, 0.2) is 0 Å². The summed E-state index contributed by atoms with van der Waals surface area (Å²) in [6.07, 6.45) is 1.12. The molecule has 1 N–H and O–H groups in total. The first-order chi connectivity index (χ1) is 15.9. The minimum Gasteiger partial charge on any atom is -0.497 e. The smallest absolute Gasteiger partial charge is 0.240 e. The lowest BCUT2D eigenvalue weighted by atomic mass is 9.74. The lowest BCUT2D eigenvalue weighted by Gasteiger charge is -2.28. The molecule has 3 amide bonds. The van der Waals surface area contributed by atoms with Crippen LogP contribution in [0.5, 0.6) is 5.75 Å². The van der Waals surface area contributed by atoms with Gasteiger partial charge in [-0.1, -0.05) is 36.4 Å². The Balaban J connectivity index is 1.75. The van der Waals surface area contributed by atoms with Crippen LogP contribution in [0.25, 0.3) is 0 Å². The molecule has 0 aliphatic carbocycles. The Labute approximate surface area is 195 Å². The van der Waals surface area contributed by atoms with Crippen LogP contribution >= 0.6 is 0 Å². The molecule has 0 radical (unpaired) electrons. The highest BCUT2D eigenvalue weighted by atomic mass is 16.5. The third-order valence-electron chi connectivity index (χ3n) is 6.13. The van der Waals surface area contributed by atoms with Gasteiger partial charge in [-0.3, -0.25) is 19.3 Å². The van der Waals surface area contributed by atoms with E-state index in [0.29, 0.717) is 26.0 Å². The minimum atomic E-state index is -1.18. The largest absolute Gasteiger partial charge is 0.497 e. The Morgan fingerprint density at radius 1 is 1.12 bits per heavy atom. The minimum absolute atomic E-state index is 0.00697. The van der Waals surface area contributed by atoms with Crippen molar-refractivity contribution in [2.45, 2.75) is 38.0 Å². The molecule has 0 aromatic heterocycles. The second-order valence-corrected chi connectivity index (χ2v) is 8.40. The van der Waals surface area contributed by atoms with Crippen LogP contribution in [0.2, 0.25) is 0 Å². The molecular formula is C26H32N2O5. The first kappa shape index (κ1) is 24.5. The zero-order chi connectivity index (χ0) is 23.8. The molecule has 1 atom stereocenters. The molecule has 0 unspecified atom stereocenters. The number of carbonyl (C=O) groups excluding carboxylic acids is 3. The highest BCUT2D eigenvalue weighted by molar-refractivity contribution is 6.10. The molecule has 3 rings (SSSR count). The van der Waals surface area contributed by atoms with Crippen molar-refractivity contribution in [1.82, 2.24) is 10.2 Å². The molecule has 1 saturated heterocycles. The number of carbonyl (C=O) groups is 3. The summed E-state index contributed by atoms with van der Waals surface area (Å²) in [5.74, 6) is -0.0358. The highest BCUT2D eigenvalue weighted by Crippen LogP contribution is 2.41. The molecule has 1 aliphatic rings. The molecule has 33 heavy (non-hydrogen) atoms. The first-order valence-electron chi connectivity index (χ1n) is 11.2. The predicted octanol–water partition coefficient (Wildman–Crippen LogP) is 2.79. The van der Waals surface area contributed by atoms with Gasteiger partial charge in [0, 0.05) is 39.6 Å². The second kappa shape index (κ2) is 11.1. The van der Waals surface area contributed by atoms with Crippen LogP contribution in [0.3, 0.4) is 0 Å². The van der Waals surface area contributed by atoms with Crippen LogP contribution < -0.4 is 10.1 Å². The van der Waals surface area contributed by atoms with Crippen molar-refractivity contribution in [2.75, 3.05) is 33.9 Å². The van der Waals surface area contributed by atoms with Gasteiger partial charge in [0.05, 0.1) is 12.5 Å². The fraction of sp³-hybridized carbons (Fsp3) is 0.423. The number of nitrogens with zero attached hydrogens (tertiary/aromatic N) is 1. The number of nitrogens with one attached hydrogen (secondary N) is 1. The molecule has 2 aromatic carbocycles. The number of benzene rings is 2. The van der Waals surface area contributed by atoms with Gasteiger partial charge < -0.3 is 14.8 Å². The summed E-state index contributed by atoms with van der Waals surface area (Å²) in [4.78, 5) is 40.7. The number of methoxy groups -OCH3 is 2. The van der Waals surface area contributed by atoms with Crippen molar-refractivity contribution in [3.05, 3.63) is 65.2 Å². The van der Waals surface area contributed by atoms with Crippen LogP contribution in [0.15, 0.2) is 48.5 Å². The SMILES string of the molecule is COCCCN1C(=O)C[C@@](CC(=O)NCCc2cccc(OC)c2)(c2ccccc2C)C1=O. The zero-order valence-electron chi connectivity index (χ0n) is 19.6. The van der Waals surface area contributed by atoms with E-state index in [1.807, 2.05) is 55.5 Å². The molecule has 1 heterocycles. The van der Waals surface area contributed by atoms with Gasteiger partial charge in [-0.25, -0.2) is 0 Å². The number of rotatable bonds is 11. The molecule has 1 aliphatic heterocycles. The van der Waals surface area contributed by atoms with Gasteiger partial charge in [0.1, 0.15) is 5.75 Å². The average molecular weight is 453 g/mol. The summed E-state index contributed by atoms with van der Waals surface area (Å²) in [6.45, 7) is 3.08. The molecule has 7 heteroatoms. The monoisotopic (exact) mass is 452 g/mol.